The van der Waals surface area contributed by atoms with Crippen LogP contribution in [0, 0.1) is 18.2 Å². The molecule has 0 unspecified atom stereocenters. The fraction of sp³-hybridized carbons (Fsp3) is 0.273. The number of nitrogens with zero attached hydrogens (tertiary/aromatic N) is 1. The van der Waals surface area contributed by atoms with Gasteiger partial charge in [0.05, 0.1) is 6.54 Å². The first-order valence-corrected chi connectivity index (χ1v) is 4.22. The first-order chi connectivity index (χ1) is 6.27. The zero-order valence-electron chi connectivity index (χ0n) is 7.63. The van der Waals surface area contributed by atoms with Gasteiger partial charge in [-0.2, -0.15) is 0 Å². The average molecular weight is 177 g/mol. The van der Waals surface area contributed by atoms with Crippen molar-refractivity contribution in [1.29, 1.82) is 0 Å². The zero-order valence-corrected chi connectivity index (χ0v) is 7.63. The van der Waals surface area contributed by atoms with Crippen molar-refractivity contribution in [2.75, 3.05) is 18.0 Å². The lowest BCUT2D eigenvalue weighted by Gasteiger charge is -2.19. The van der Waals surface area contributed by atoms with Crippen molar-refractivity contribution >= 4 is 5.69 Å². The van der Waals surface area contributed by atoms with E-state index in [1.165, 1.54) is 12.1 Å². The van der Waals surface area contributed by atoms with Gasteiger partial charge in [-0.05, 0) is 25.1 Å². The maximum atomic E-state index is 12.8. The standard InChI is InChI=1S/C11H12FN/c1-3-8-13(4-2)11-7-5-6-10(12)9-11/h1,5-7,9H,4,8H2,2H3. The highest BCUT2D eigenvalue weighted by molar-refractivity contribution is 5.47. The van der Waals surface area contributed by atoms with E-state index >= 15 is 0 Å². The first-order valence-electron chi connectivity index (χ1n) is 4.22. The van der Waals surface area contributed by atoms with E-state index in [4.69, 9.17) is 6.42 Å². The molecule has 0 aromatic heterocycles. The topological polar surface area (TPSA) is 3.24 Å². The van der Waals surface area contributed by atoms with Gasteiger partial charge in [0.1, 0.15) is 5.82 Å². The molecular formula is C11H12FN. The minimum absolute atomic E-state index is 0.229. The van der Waals surface area contributed by atoms with Crippen molar-refractivity contribution in [3.8, 4) is 12.3 Å². The van der Waals surface area contributed by atoms with Crippen LogP contribution >= 0.6 is 0 Å². The molecular weight excluding hydrogens is 165 g/mol. The Morgan fingerprint density at radius 3 is 2.85 bits per heavy atom. The fourth-order valence-corrected chi connectivity index (χ4v) is 1.17. The van der Waals surface area contributed by atoms with E-state index in [1.54, 1.807) is 6.07 Å². The van der Waals surface area contributed by atoms with E-state index in [0.717, 1.165) is 12.2 Å². The van der Waals surface area contributed by atoms with Gasteiger partial charge in [-0.1, -0.05) is 12.0 Å². The molecule has 13 heavy (non-hydrogen) atoms. The maximum Gasteiger partial charge on any atom is 0.125 e. The molecule has 0 saturated carbocycles. The van der Waals surface area contributed by atoms with E-state index in [2.05, 4.69) is 5.92 Å². The summed E-state index contributed by atoms with van der Waals surface area (Å²) in [6.45, 7) is 3.29. The number of benzene rings is 1. The molecule has 0 radical (unpaired) electrons. The minimum atomic E-state index is -0.229. The van der Waals surface area contributed by atoms with Crippen LogP contribution < -0.4 is 4.90 Å². The summed E-state index contributed by atoms with van der Waals surface area (Å²) < 4.78 is 12.8. The Morgan fingerprint density at radius 2 is 2.31 bits per heavy atom. The van der Waals surface area contributed by atoms with Gasteiger partial charge in [0.15, 0.2) is 0 Å². The molecule has 0 atom stereocenters. The van der Waals surface area contributed by atoms with E-state index in [0.29, 0.717) is 6.54 Å². The summed E-state index contributed by atoms with van der Waals surface area (Å²) in [5.74, 6) is 2.31. The molecule has 0 saturated heterocycles. The molecule has 0 aliphatic carbocycles. The first kappa shape index (κ1) is 9.60. The Bertz CT molecular complexity index is 314. The van der Waals surface area contributed by atoms with Crippen LogP contribution in [0.15, 0.2) is 24.3 Å². The Labute approximate surface area is 78.2 Å². The number of hydrogen-bond donors (Lipinski definition) is 0. The number of anilines is 1. The van der Waals surface area contributed by atoms with Crippen LogP contribution in [0.5, 0.6) is 0 Å². The smallest absolute Gasteiger partial charge is 0.125 e. The molecule has 1 aromatic rings. The average Bonchev–Trinajstić information content (AvgIpc) is 2.14. The lowest BCUT2D eigenvalue weighted by molar-refractivity contribution is 0.627. The number of halogens is 1. The normalized spacial score (nSPS) is 9.31. The van der Waals surface area contributed by atoms with Crippen molar-refractivity contribution in [1.82, 2.24) is 0 Å². The molecule has 0 aliphatic rings. The monoisotopic (exact) mass is 177 g/mol. The lowest BCUT2D eigenvalue weighted by Crippen LogP contribution is -2.22. The number of terminal acetylenes is 1. The Balaban J connectivity index is 2.86. The predicted octanol–water partition coefficient (Wildman–Crippen LogP) is 2.29. The molecule has 1 nitrogen and oxygen atoms in total. The van der Waals surface area contributed by atoms with Crippen LogP contribution in [-0.2, 0) is 0 Å². The van der Waals surface area contributed by atoms with Gasteiger partial charge in [0.2, 0.25) is 0 Å². The summed E-state index contributed by atoms with van der Waals surface area (Å²) in [7, 11) is 0. The highest BCUT2D eigenvalue weighted by atomic mass is 19.1. The van der Waals surface area contributed by atoms with Crippen LogP contribution in [0.25, 0.3) is 0 Å². The summed E-state index contributed by atoms with van der Waals surface area (Å²) in [5, 5.41) is 0. The van der Waals surface area contributed by atoms with Gasteiger partial charge in [-0.15, -0.1) is 6.42 Å². The molecule has 1 rings (SSSR count). The van der Waals surface area contributed by atoms with Crippen molar-refractivity contribution < 1.29 is 4.39 Å². The van der Waals surface area contributed by atoms with E-state index in [1.807, 2.05) is 17.9 Å². The van der Waals surface area contributed by atoms with Crippen LogP contribution in [0.2, 0.25) is 0 Å². The van der Waals surface area contributed by atoms with Crippen LogP contribution in [0.4, 0.5) is 10.1 Å². The molecule has 0 bridgehead atoms. The number of hydrogen-bond acceptors (Lipinski definition) is 1. The summed E-state index contributed by atoms with van der Waals surface area (Å²) >= 11 is 0. The second kappa shape index (κ2) is 4.51. The number of rotatable bonds is 3. The second-order valence-corrected chi connectivity index (χ2v) is 2.70. The highest BCUT2D eigenvalue weighted by Gasteiger charge is 2.02. The third kappa shape index (κ3) is 2.48. The van der Waals surface area contributed by atoms with Crippen LogP contribution in [-0.4, -0.2) is 13.1 Å². The Kier molecular flexibility index (Phi) is 3.33. The van der Waals surface area contributed by atoms with Crippen molar-refractivity contribution in [3.05, 3.63) is 30.1 Å². The van der Waals surface area contributed by atoms with Gasteiger partial charge in [0, 0.05) is 12.2 Å². The predicted molar refractivity (Wildman–Crippen MR) is 53.1 cm³/mol. The van der Waals surface area contributed by atoms with Gasteiger partial charge in [0.25, 0.3) is 0 Å². The maximum absolute atomic E-state index is 12.8. The third-order valence-electron chi connectivity index (χ3n) is 1.84. The summed E-state index contributed by atoms with van der Waals surface area (Å²) in [4.78, 5) is 1.93. The van der Waals surface area contributed by atoms with Crippen molar-refractivity contribution in [2.24, 2.45) is 0 Å². The molecule has 68 valence electrons. The second-order valence-electron chi connectivity index (χ2n) is 2.70. The highest BCUT2D eigenvalue weighted by Crippen LogP contribution is 2.14. The van der Waals surface area contributed by atoms with Gasteiger partial charge < -0.3 is 4.90 Å². The van der Waals surface area contributed by atoms with Crippen molar-refractivity contribution in [3.63, 3.8) is 0 Å². The lowest BCUT2D eigenvalue weighted by atomic mass is 10.3. The molecule has 0 fully saturated rings. The van der Waals surface area contributed by atoms with Crippen LogP contribution in [0.1, 0.15) is 6.92 Å². The molecule has 1 aromatic carbocycles. The third-order valence-corrected chi connectivity index (χ3v) is 1.84. The minimum Gasteiger partial charge on any atom is -0.361 e. The molecule has 0 heterocycles. The molecule has 2 heteroatoms. The zero-order chi connectivity index (χ0) is 9.68. The van der Waals surface area contributed by atoms with E-state index in [9.17, 15) is 4.39 Å². The van der Waals surface area contributed by atoms with Crippen LogP contribution in [0.3, 0.4) is 0 Å². The Morgan fingerprint density at radius 1 is 1.54 bits per heavy atom. The summed E-state index contributed by atoms with van der Waals surface area (Å²) in [5.41, 5.74) is 0.834. The van der Waals surface area contributed by atoms with E-state index in [-0.39, 0.29) is 5.82 Å². The summed E-state index contributed by atoms with van der Waals surface area (Å²) in [6.07, 6.45) is 5.19. The SMILES string of the molecule is C#CCN(CC)c1cccc(F)c1. The molecule has 0 amide bonds. The van der Waals surface area contributed by atoms with Gasteiger partial charge in [-0.25, -0.2) is 4.39 Å². The largest absolute Gasteiger partial charge is 0.361 e. The van der Waals surface area contributed by atoms with Gasteiger partial charge in [-0.3, -0.25) is 0 Å². The van der Waals surface area contributed by atoms with E-state index < -0.39 is 0 Å². The molecule has 0 aliphatic heterocycles. The molecule has 0 N–H and O–H groups in total. The summed E-state index contributed by atoms with van der Waals surface area (Å²) in [6, 6.07) is 6.45. The molecule has 0 spiro atoms. The van der Waals surface area contributed by atoms with Gasteiger partial charge >= 0.3 is 0 Å². The fourth-order valence-electron chi connectivity index (χ4n) is 1.17. The Hall–Kier alpha value is -1.49. The quantitative estimate of drug-likeness (QED) is 0.640. The van der Waals surface area contributed by atoms with Crippen molar-refractivity contribution in [2.45, 2.75) is 6.92 Å².